The van der Waals surface area contributed by atoms with Gasteiger partial charge in [-0.1, -0.05) is 54.6 Å². The van der Waals surface area contributed by atoms with Gasteiger partial charge in [-0.05, 0) is 30.0 Å². The van der Waals surface area contributed by atoms with Gasteiger partial charge in [-0.3, -0.25) is 10.1 Å². The van der Waals surface area contributed by atoms with Crippen LogP contribution in [0.3, 0.4) is 0 Å². The lowest BCUT2D eigenvalue weighted by atomic mass is 10.0. The Morgan fingerprint density at radius 3 is 2.19 bits per heavy atom. The molecule has 0 radical (unpaired) electrons. The number of nitrogens with two attached hydrogens (primary N) is 2. The van der Waals surface area contributed by atoms with E-state index in [1.807, 2.05) is 30.3 Å². The van der Waals surface area contributed by atoms with Crippen LogP contribution in [0.4, 0.5) is 0 Å². The van der Waals surface area contributed by atoms with Gasteiger partial charge in [-0.25, -0.2) is 0 Å². The Labute approximate surface area is 125 Å². The second kappa shape index (κ2) is 7.02. The van der Waals surface area contributed by atoms with Crippen molar-refractivity contribution in [2.24, 2.45) is 11.5 Å². The van der Waals surface area contributed by atoms with Crippen LogP contribution in [0.1, 0.15) is 29.8 Å². The zero-order valence-corrected chi connectivity index (χ0v) is 12.1. The molecule has 0 aliphatic carbocycles. The first-order valence-corrected chi connectivity index (χ1v) is 7.00. The van der Waals surface area contributed by atoms with Gasteiger partial charge in [0.05, 0.1) is 12.2 Å². The largest absolute Gasteiger partial charge is 0.368 e. The third-order valence-electron chi connectivity index (χ3n) is 3.45. The van der Waals surface area contributed by atoms with Gasteiger partial charge in [0.15, 0.2) is 0 Å². The standard InChI is InChI=1S/C17H21N3O/c1-12(17(19)21)20-16(18)15-9-7-14(8-10-15)11-13-5-3-2-4-6-13/h2-10,12,16,20H,11,18H2,1H3,(H2,19,21). The molecule has 2 rings (SSSR count). The molecule has 0 aliphatic heterocycles. The summed E-state index contributed by atoms with van der Waals surface area (Å²) in [5.74, 6) is -0.411. The molecule has 2 unspecified atom stereocenters. The van der Waals surface area contributed by atoms with Gasteiger partial charge in [0, 0.05) is 0 Å². The molecule has 4 nitrogen and oxygen atoms in total. The number of hydrogen-bond acceptors (Lipinski definition) is 3. The summed E-state index contributed by atoms with van der Waals surface area (Å²) in [7, 11) is 0. The molecule has 2 aromatic carbocycles. The Morgan fingerprint density at radius 2 is 1.62 bits per heavy atom. The Kier molecular flexibility index (Phi) is 5.09. The van der Waals surface area contributed by atoms with Crippen LogP contribution in [0, 0.1) is 0 Å². The van der Waals surface area contributed by atoms with Gasteiger partial charge in [0.1, 0.15) is 0 Å². The van der Waals surface area contributed by atoms with Crippen LogP contribution in [0.2, 0.25) is 0 Å². The molecule has 2 aromatic rings. The lowest BCUT2D eigenvalue weighted by molar-refractivity contribution is -0.119. The minimum absolute atomic E-state index is 0.404. The molecule has 0 spiro atoms. The van der Waals surface area contributed by atoms with Gasteiger partial charge in [-0.15, -0.1) is 0 Å². The van der Waals surface area contributed by atoms with Gasteiger partial charge < -0.3 is 11.5 Å². The van der Waals surface area contributed by atoms with Gasteiger partial charge >= 0.3 is 0 Å². The third-order valence-corrected chi connectivity index (χ3v) is 3.45. The highest BCUT2D eigenvalue weighted by atomic mass is 16.1. The molecular weight excluding hydrogens is 262 g/mol. The average molecular weight is 283 g/mol. The number of carbonyl (C=O) groups is 1. The highest BCUT2D eigenvalue weighted by Gasteiger charge is 2.13. The SMILES string of the molecule is CC(NC(N)c1ccc(Cc2ccccc2)cc1)C(N)=O. The summed E-state index contributed by atoms with van der Waals surface area (Å²) in [6.45, 7) is 1.70. The molecular formula is C17H21N3O. The molecule has 0 heterocycles. The number of hydrogen-bond donors (Lipinski definition) is 3. The van der Waals surface area contributed by atoms with Gasteiger partial charge in [-0.2, -0.15) is 0 Å². The van der Waals surface area contributed by atoms with Crippen LogP contribution in [-0.2, 0) is 11.2 Å². The lowest BCUT2D eigenvalue weighted by Crippen LogP contribution is -2.43. The maximum Gasteiger partial charge on any atom is 0.234 e. The number of amides is 1. The van der Waals surface area contributed by atoms with Crippen molar-refractivity contribution in [1.82, 2.24) is 5.32 Å². The molecule has 0 aliphatic rings. The van der Waals surface area contributed by atoms with Crippen molar-refractivity contribution in [3.05, 3.63) is 71.3 Å². The van der Waals surface area contributed by atoms with Crippen molar-refractivity contribution >= 4 is 5.91 Å². The van der Waals surface area contributed by atoms with Crippen LogP contribution >= 0.6 is 0 Å². The topological polar surface area (TPSA) is 81.1 Å². The normalized spacial score (nSPS) is 13.6. The molecule has 1 amide bonds. The van der Waals surface area contributed by atoms with Crippen molar-refractivity contribution in [2.45, 2.75) is 25.6 Å². The van der Waals surface area contributed by atoms with Crippen LogP contribution in [0.5, 0.6) is 0 Å². The zero-order valence-electron chi connectivity index (χ0n) is 12.1. The average Bonchev–Trinajstić information content (AvgIpc) is 2.48. The van der Waals surface area contributed by atoms with E-state index in [-0.39, 0.29) is 0 Å². The Bertz CT molecular complexity index is 581. The molecule has 5 N–H and O–H groups in total. The molecule has 0 fully saturated rings. The lowest BCUT2D eigenvalue weighted by Gasteiger charge is -2.18. The number of primary amides is 1. The Balaban J connectivity index is 2.00. The van der Waals surface area contributed by atoms with Crippen molar-refractivity contribution < 1.29 is 4.79 Å². The quantitative estimate of drug-likeness (QED) is 0.706. The zero-order chi connectivity index (χ0) is 15.2. The minimum Gasteiger partial charge on any atom is -0.368 e. The summed E-state index contributed by atoms with van der Waals surface area (Å²) in [4.78, 5) is 11.0. The number of nitrogens with one attached hydrogen (secondary N) is 1. The third kappa shape index (κ3) is 4.41. The molecule has 110 valence electrons. The Hall–Kier alpha value is -2.17. The van der Waals surface area contributed by atoms with Crippen molar-refractivity contribution in [3.63, 3.8) is 0 Å². The maximum atomic E-state index is 11.0. The summed E-state index contributed by atoms with van der Waals surface area (Å²) in [5.41, 5.74) is 14.7. The van der Waals surface area contributed by atoms with E-state index in [0.717, 1.165) is 12.0 Å². The van der Waals surface area contributed by atoms with Gasteiger partial charge in [0.2, 0.25) is 5.91 Å². The first kappa shape index (κ1) is 15.2. The maximum absolute atomic E-state index is 11.0. The molecule has 0 saturated heterocycles. The smallest absolute Gasteiger partial charge is 0.234 e. The predicted molar refractivity (Wildman–Crippen MR) is 84.4 cm³/mol. The van der Waals surface area contributed by atoms with E-state index >= 15 is 0 Å². The molecule has 4 heteroatoms. The van der Waals surface area contributed by atoms with E-state index in [4.69, 9.17) is 11.5 Å². The summed E-state index contributed by atoms with van der Waals surface area (Å²) in [6, 6.07) is 17.9. The Morgan fingerprint density at radius 1 is 1.05 bits per heavy atom. The molecule has 21 heavy (non-hydrogen) atoms. The van der Waals surface area contributed by atoms with Crippen LogP contribution < -0.4 is 16.8 Å². The van der Waals surface area contributed by atoms with E-state index in [1.54, 1.807) is 6.92 Å². The molecule has 2 atom stereocenters. The highest BCUT2D eigenvalue weighted by molar-refractivity contribution is 5.79. The van der Waals surface area contributed by atoms with Crippen LogP contribution in [0.25, 0.3) is 0 Å². The van der Waals surface area contributed by atoms with Crippen LogP contribution in [-0.4, -0.2) is 11.9 Å². The highest BCUT2D eigenvalue weighted by Crippen LogP contribution is 2.13. The monoisotopic (exact) mass is 283 g/mol. The summed E-state index contributed by atoms with van der Waals surface area (Å²) in [5, 5.41) is 2.97. The first-order chi connectivity index (χ1) is 10.1. The van der Waals surface area contributed by atoms with E-state index in [9.17, 15) is 4.79 Å². The van der Waals surface area contributed by atoms with Crippen molar-refractivity contribution in [2.75, 3.05) is 0 Å². The fourth-order valence-electron chi connectivity index (χ4n) is 2.12. The minimum atomic E-state index is -0.455. The van der Waals surface area contributed by atoms with Gasteiger partial charge in [0.25, 0.3) is 0 Å². The van der Waals surface area contributed by atoms with Crippen LogP contribution in [0.15, 0.2) is 54.6 Å². The van der Waals surface area contributed by atoms with E-state index in [0.29, 0.717) is 0 Å². The van der Waals surface area contributed by atoms with E-state index < -0.39 is 18.1 Å². The van der Waals surface area contributed by atoms with Crippen molar-refractivity contribution in [3.8, 4) is 0 Å². The number of carbonyl (C=O) groups excluding carboxylic acids is 1. The molecule has 0 bridgehead atoms. The predicted octanol–water partition coefficient (Wildman–Crippen LogP) is 1.70. The number of rotatable bonds is 6. The number of benzene rings is 2. The fourth-order valence-corrected chi connectivity index (χ4v) is 2.12. The van der Waals surface area contributed by atoms with E-state index in [2.05, 4.69) is 29.6 Å². The summed E-state index contributed by atoms with van der Waals surface area (Å²) < 4.78 is 0. The second-order valence-electron chi connectivity index (χ2n) is 5.17. The molecule has 0 saturated carbocycles. The van der Waals surface area contributed by atoms with E-state index in [1.165, 1.54) is 11.1 Å². The van der Waals surface area contributed by atoms with Crippen molar-refractivity contribution in [1.29, 1.82) is 0 Å². The second-order valence-corrected chi connectivity index (χ2v) is 5.17. The first-order valence-electron chi connectivity index (χ1n) is 7.00. The molecule has 0 aromatic heterocycles. The summed E-state index contributed by atoms with van der Waals surface area (Å²) >= 11 is 0. The fraction of sp³-hybridized carbons (Fsp3) is 0.235. The summed E-state index contributed by atoms with van der Waals surface area (Å²) in [6.07, 6.45) is 0.486.